The lowest BCUT2D eigenvalue weighted by Crippen LogP contribution is -2.46. The number of nitrogens with zero attached hydrogens (tertiary/aromatic N) is 1. The Morgan fingerprint density at radius 2 is 1.83 bits per heavy atom. The van der Waals surface area contributed by atoms with Crippen LogP contribution in [0.5, 0.6) is 0 Å². The van der Waals surface area contributed by atoms with Gasteiger partial charge in [-0.05, 0) is 93.8 Å². The van der Waals surface area contributed by atoms with Crippen molar-refractivity contribution in [2.75, 3.05) is 19.6 Å². The largest absolute Gasteiger partial charge is 0.392 e. The van der Waals surface area contributed by atoms with Crippen LogP contribution in [0.15, 0.2) is 4.99 Å². The zero-order valence-electron chi connectivity index (χ0n) is 21.3. The third kappa shape index (κ3) is 7.28. The lowest BCUT2D eigenvalue weighted by atomic mass is 9.63. The number of amides is 1. The van der Waals surface area contributed by atoms with Gasteiger partial charge in [-0.3, -0.25) is 9.79 Å². The van der Waals surface area contributed by atoms with Crippen molar-refractivity contribution in [2.24, 2.45) is 46.4 Å². The summed E-state index contributed by atoms with van der Waals surface area (Å²) in [5, 5.41) is 6.73. The summed E-state index contributed by atoms with van der Waals surface area (Å²) in [6, 6.07) is 0. The van der Waals surface area contributed by atoms with Gasteiger partial charge in [-0.1, -0.05) is 6.92 Å². The molecule has 0 aromatic carbocycles. The number of nitrogens with one attached hydrogen (secondary N) is 2. The Morgan fingerprint density at radius 1 is 1.03 bits per heavy atom. The summed E-state index contributed by atoms with van der Waals surface area (Å²) in [5.74, 6) is -0.915. The second kappa shape index (κ2) is 12.2. The molecule has 9 atom stereocenters. The van der Waals surface area contributed by atoms with E-state index in [-0.39, 0.29) is 41.9 Å². The molecule has 4 aliphatic rings. The monoisotopic (exact) mass is 535 g/mol. The SMILES string of the molecule is CC1CC(CNC(=O)C2CC(CNC3=NCCC3)CC(C3CCC(F)CC3C(F)(F)F)C2)CCC1Cl. The number of aliphatic imine (C=N–C) groups is 1. The van der Waals surface area contributed by atoms with E-state index in [1.54, 1.807) is 0 Å². The van der Waals surface area contributed by atoms with Gasteiger partial charge in [0, 0.05) is 37.4 Å². The van der Waals surface area contributed by atoms with Crippen molar-refractivity contribution in [1.82, 2.24) is 10.6 Å². The van der Waals surface area contributed by atoms with Crippen LogP contribution in [-0.2, 0) is 4.79 Å². The minimum atomic E-state index is -4.41. The molecule has 0 aromatic rings. The van der Waals surface area contributed by atoms with Crippen molar-refractivity contribution in [3.8, 4) is 0 Å². The Labute approximate surface area is 217 Å². The Hall–Kier alpha value is -1.05. The maximum absolute atomic E-state index is 14.0. The van der Waals surface area contributed by atoms with E-state index in [9.17, 15) is 22.4 Å². The fraction of sp³-hybridized carbons (Fsp3) is 0.926. The summed E-state index contributed by atoms with van der Waals surface area (Å²) < 4.78 is 55.8. The van der Waals surface area contributed by atoms with Gasteiger partial charge in [0.05, 0.1) is 11.8 Å². The molecule has 206 valence electrons. The highest BCUT2D eigenvalue weighted by Crippen LogP contribution is 2.50. The second-order valence-electron chi connectivity index (χ2n) is 12.0. The molecule has 9 unspecified atom stereocenters. The summed E-state index contributed by atoms with van der Waals surface area (Å²) in [7, 11) is 0. The van der Waals surface area contributed by atoms with Gasteiger partial charge in [0.25, 0.3) is 0 Å². The van der Waals surface area contributed by atoms with Crippen LogP contribution in [0, 0.1) is 41.4 Å². The number of amidine groups is 1. The molecule has 36 heavy (non-hydrogen) atoms. The summed E-state index contributed by atoms with van der Waals surface area (Å²) in [4.78, 5) is 17.7. The minimum absolute atomic E-state index is 0.0358. The Kier molecular flexibility index (Phi) is 9.48. The number of alkyl halides is 5. The normalized spacial score (nSPS) is 39.9. The van der Waals surface area contributed by atoms with E-state index in [1.807, 2.05) is 0 Å². The van der Waals surface area contributed by atoms with E-state index in [1.165, 1.54) is 0 Å². The van der Waals surface area contributed by atoms with Gasteiger partial charge >= 0.3 is 6.18 Å². The van der Waals surface area contributed by atoms with Gasteiger partial charge in [0.15, 0.2) is 0 Å². The first-order valence-electron chi connectivity index (χ1n) is 14.0. The maximum Gasteiger partial charge on any atom is 0.392 e. The predicted molar refractivity (Wildman–Crippen MR) is 135 cm³/mol. The number of halogens is 5. The predicted octanol–water partition coefficient (Wildman–Crippen LogP) is 6.28. The van der Waals surface area contributed by atoms with Crippen molar-refractivity contribution in [3.63, 3.8) is 0 Å². The van der Waals surface area contributed by atoms with Crippen LogP contribution in [0.2, 0.25) is 0 Å². The molecular weight excluding hydrogens is 494 g/mol. The first kappa shape index (κ1) is 28.0. The van der Waals surface area contributed by atoms with Crippen LogP contribution in [0.4, 0.5) is 17.6 Å². The van der Waals surface area contributed by atoms with E-state index in [0.29, 0.717) is 44.2 Å². The van der Waals surface area contributed by atoms with E-state index in [4.69, 9.17) is 11.6 Å². The van der Waals surface area contributed by atoms with Gasteiger partial charge in [-0.25, -0.2) is 4.39 Å². The van der Waals surface area contributed by atoms with Crippen LogP contribution in [0.25, 0.3) is 0 Å². The number of hydrogen-bond acceptors (Lipinski definition) is 3. The summed E-state index contributed by atoms with van der Waals surface area (Å²) >= 11 is 6.35. The van der Waals surface area contributed by atoms with Crippen molar-refractivity contribution >= 4 is 23.3 Å². The van der Waals surface area contributed by atoms with Gasteiger partial charge in [0.1, 0.15) is 6.17 Å². The molecule has 1 amide bonds. The number of rotatable bonds is 6. The second-order valence-corrected chi connectivity index (χ2v) is 12.5. The van der Waals surface area contributed by atoms with Crippen LogP contribution in [0.3, 0.4) is 0 Å². The van der Waals surface area contributed by atoms with Gasteiger partial charge in [-0.15, -0.1) is 11.6 Å². The third-order valence-corrected chi connectivity index (χ3v) is 9.93. The van der Waals surface area contributed by atoms with Crippen LogP contribution < -0.4 is 10.6 Å². The topological polar surface area (TPSA) is 53.5 Å². The highest BCUT2D eigenvalue weighted by molar-refractivity contribution is 6.20. The molecule has 1 heterocycles. The van der Waals surface area contributed by atoms with Crippen LogP contribution in [0.1, 0.15) is 77.6 Å². The molecule has 3 saturated carbocycles. The Balaban J connectivity index is 1.42. The molecule has 0 bridgehead atoms. The number of carbonyl (C=O) groups is 1. The minimum Gasteiger partial charge on any atom is -0.374 e. The number of carbonyl (C=O) groups excluding carboxylic acids is 1. The molecule has 1 aliphatic heterocycles. The van der Waals surface area contributed by atoms with E-state index < -0.39 is 30.6 Å². The molecular formula is C27H42ClF4N3O. The molecule has 4 nitrogen and oxygen atoms in total. The molecule has 0 aromatic heterocycles. The molecule has 3 fully saturated rings. The molecule has 9 heteroatoms. The van der Waals surface area contributed by atoms with Crippen molar-refractivity contribution in [2.45, 2.75) is 95.3 Å². The summed E-state index contributed by atoms with van der Waals surface area (Å²) in [6.07, 6.45) is 0.808. The summed E-state index contributed by atoms with van der Waals surface area (Å²) in [5.41, 5.74) is 0. The van der Waals surface area contributed by atoms with Crippen LogP contribution >= 0.6 is 11.6 Å². The maximum atomic E-state index is 14.0. The molecule has 3 aliphatic carbocycles. The van der Waals surface area contributed by atoms with E-state index >= 15 is 0 Å². The van der Waals surface area contributed by atoms with Gasteiger partial charge in [-0.2, -0.15) is 13.2 Å². The smallest absolute Gasteiger partial charge is 0.374 e. The van der Waals surface area contributed by atoms with Gasteiger partial charge < -0.3 is 10.6 Å². The van der Waals surface area contributed by atoms with Gasteiger partial charge in [0.2, 0.25) is 5.91 Å². The van der Waals surface area contributed by atoms with Crippen molar-refractivity contribution < 1.29 is 22.4 Å². The van der Waals surface area contributed by atoms with Crippen molar-refractivity contribution in [1.29, 1.82) is 0 Å². The molecule has 4 rings (SSSR count). The number of hydrogen-bond donors (Lipinski definition) is 2. The Morgan fingerprint density at radius 3 is 2.53 bits per heavy atom. The summed E-state index contributed by atoms with van der Waals surface area (Å²) in [6.45, 7) is 4.19. The molecule has 2 N–H and O–H groups in total. The van der Waals surface area contributed by atoms with E-state index in [0.717, 1.165) is 44.5 Å². The lowest BCUT2D eigenvalue weighted by Gasteiger charge is -2.44. The average molecular weight is 536 g/mol. The quantitative estimate of drug-likeness (QED) is 0.311. The fourth-order valence-electron chi connectivity index (χ4n) is 7.29. The highest BCUT2D eigenvalue weighted by Gasteiger charge is 2.51. The molecule has 0 radical (unpaired) electrons. The van der Waals surface area contributed by atoms with Crippen molar-refractivity contribution in [3.05, 3.63) is 0 Å². The zero-order valence-corrected chi connectivity index (χ0v) is 22.1. The molecule has 0 spiro atoms. The average Bonchev–Trinajstić information content (AvgIpc) is 3.36. The van der Waals surface area contributed by atoms with Crippen LogP contribution in [-0.4, -0.2) is 49.1 Å². The third-order valence-electron chi connectivity index (χ3n) is 9.29. The van der Waals surface area contributed by atoms with E-state index in [2.05, 4.69) is 22.5 Å². The lowest BCUT2D eigenvalue weighted by molar-refractivity contribution is -0.209. The Bertz CT molecular complexity index is 779. The fourth-order valence-corrected chi connectivity index (χ4v) is 7.52. The first-order chi connectivity index (χ1) is 17.1. The first-order valence-corrected chi connectivity index (χ1v) is 14.4. The highest BCUT2D eigenvalue weighted by atomic mass is 35.5. The molecule has 0 saturated heterocycles. The standard InChI is InChI=1S/C27H42ClF4N3O/c1-16-9-17(4-7-24(16)28)14-35-26(36)20-11-18(15-34-25-3-2-8-33-25)10-19(12-20)22-6-5-21(29)13-23(22)27(30,31)32/h16-24H,2-15H2,1H3,(H,33,34)(H,35,36). The zero-order chi connectivity index (χ0) is 25.9.